The molecular formula is C20H28N4O. The van der Waals surface area contributed by atoms with Gasteiger partial charge in [0.2, 0.25) is 0 Å². The minimum absolute atomic E-state index is 0.194. The summed E-state index contributed by atoms with van der Waals surface area (Å²) < 4.78 is 5.67. The number of benzene rings is 1. The van der Waals surface area contributed by atoms with Crippen LogP contribution in [0.1, 0.15) is 37.7 Å². The Hall–Kier alpha value is -1.72. The van der Waals surface area contributed by atoms with Crippen LogP contribution in [0.25, 0.3) is 10.9 Å². The third-order valence-corrected chi connectivity index (χ3v) is 5.83. The second-order valence-electron chi connectivity index (χ2n) is 7.48. The fourth-order valence-electron chi connectivity index (χ4n) is 4.28. The maximum absolute atomic E-state index is 5.67. The zero-order chi connectivity index (χ0) is 17.1. The van der Waals surface area contributed by atoms with Crippen LogP contribution in [0.3, 0.4) is 0 Å². The second-order valence-corrected chi connectivity index (χ2v) is 7.48. The first-order valence-electron chi connectivity index (χ1n) is 9.55. The first-order chi connectivity index (χ1) is 12.3. The van der Waals surface area contributed by atoms with Crippen LogP contribution >= 0.6 is 0 Å². The standard InChI is InChI=1S/C20H28N4O/c1-16-5-6-18-17(13-16)19(23-15-22-18)21-14-20(7-11-25-12-8-20)24-9-3-2-4-10-24/h5-6,13,15H,2-4,7-12,14H2,1H3,(H,21,22,23). The van der Waals surface area contributed by atoms with Crippen molar-refractivity contribution in [2.24, 2.45) is 0 Å². The predicted molar refractivity (Wildman–Crippen MR) is 101 cm³/mol. The number of likely N-dealkylation sites (tertiary alicyclic amines) is 1. The molecule has 2 aromatic rings. The summed E-state index contributed by atoms with van der Waals surface area (Å²) in [7, 11) is 0. The lowest BCUT2D eigenvalue weighted by Crippen LogP contribution is -2.57. The molecule has 0 aliphatic carbocycles. The Morgan fingerprint density at radius 2 is 1.92 bits per heavy atom. The molecule has 4 rings (SSSR count). The third kappa shape index (κ3) is 3.48. The molecule has 2 fully saturated rings. The van der Waals surface area contributed by atoms with E-state index in [1.165, 1.54) is 37.9 Å². The van der Waals surface area contributed by atoms with Crippen LogP contribution in [-0.4, -0.2) is 53.3 Å². The molecule has 3 heterocycles. The molecule has 5 nitrogen and oxygen atoms in total. The van der Waals surface area contributed by atoms with E-state index in [4.69, 9.17) is 4.74 Å². The van der Waals surface area contributed by atoms with Crippen molar-refractivity contribution < 1.29 is 4.74 Å². The Morgan fingerprint density at radius 3 is 2.72 bits per heavy atom. The Kier molecular flexibility index (Phi) is 4.86. The summed E-state index contributed by atoms with van der Waals surface area (Å²) in [5, 5.41) is 4.79. The highest BCUT2D eigenvalue weighted by Crippen LogP contribution is 2.32. The largest absolute Gasteiger partial charge is 0.381 e. The monoisotopic (exact) mass is 340 g/mol. The van der Waals surface area contributed by atoms with Crippen LogP contribution in [0, 0.1) is 6.92 Å². The topological polar surface area (TPSA) is 50.3 Å². The van der Waals surface area contributed by atoms with Gasteiger partial charge in [-0.25, -0.2) is 9.97 Å². The number of fused-ring (bicyclic) bond motifs is 1. The number of hydrogen-bond acceptors (Lipinski definition) is 5. The molecule has 0 unspecified atom stereocenters. The number of rotatable bonds is 4. The van der Waals surface area contributed by atoms with Gasteiger partial charge in [0.15, 0.2) is 0 Å². The van der Waals surface area contributed by atoms with E-state index in [-0.39, 0.29) is 5.54 Å². The van der Waals surface area contributed by atoms with Gasteiger partial charge in [0.25, 0.3) is 0 Å². The van der Waals surface area contributed by atoms with Crippen molar-refractivity contribution in [2.45, 2.75) is 44.6 Å². The highest BCUT2D eigenvalue weighted by atomic mass is 16.5. The van der Waals surface area contributed by atoms with Crippen LogP contribution in [0.2, 0.25) is 0 Å². The molecule has 5 heteroatoms. The first kappa shape index (κ1) is 16.7. The molecule has 0 spiro atoms. The summed E-state index contributed by atoms with van der Waals surface area (Å²) in [5.74, 6) is 0.955. The summed E-state index contributed by atoms with van der Waals surface area (Å²) in [6.07, 6.45) is 7.87. The van der Waals surface area contributed by atoms with Gasteiger partial charge >= 0.3 is 0 Å². The normalized spacial score (nSPS) is 21.3. The lowest BCUT2D eigenvalue weighted by atomic mass is 9.86. The second kappa shape index (κ2) is 7.26. The van der Waals surface area contributed by atoms with E-state index < -0.39 is 0 Å². The molecule has 25 heavy (non-hydrogen) atoms. The minimum atomic E-state index is 0.194. The average molecular weight is 340 g/mol. The summed E-state index contributed by atoms with van der Waals surface area (Å²) >= 11 is 0. The zero-order valence-corrected chi connectivity index (χ0v) is 15.1. The van der Waals surface area contributed by atoms with Crippen molar-refractivity contribution in [2.75, 3.05) is 38.2 Å². The highest BCUT2D eigenvalue weighted by molar-refractivity contribution is 5.89. The molecule has 0 radical (unpaired) electrons. The molecule has 134 valence electrons. The summed E-state index contributed by atoms with van der Waals surface area (Å²) in [6, 6.07) is 6.36. The van der Waals surface area contributed by atoms with Crippen molar-refractivity contribution in [3.8, 4) is 0 Å². The van der Waals surface area contributed by atoms with Crippen molar-refractivity contribution in [3.63, 3.8) is 0 Å². The Bertz CT molecular complexity index is 721. The number of aromatic nitrogens is 2. The van der Waals surface area contributed by atoms with Crippen molar-refractivity contribution in [1.29, 1.82) is 0 Å². The third-order valence-electron chi connectivity index (χ3n) is 5.83. The lowest BCUT2D eigenvalue weighted by Gasteiger charge is -2.48. The number of piperidine rings is 1. The number of nitrogens with zero attached hydrogens (tertiary/aromatic N) is 3. The van der Waals surface area contributed by atoms with Gasteiger partial charge < -0.3 is 10.1 Å². The summed E-state index contributed by atoms with van der Waals surface area (Å²) in [4.78, 5) is 11.6. The maximum atomic E-state index is 5.67. The first-order valence-corrected chi connectivity index (χ1v) is 9.55. The molecule has 0 amide bonds. The molecule has 2 aliphatic rings. The van der Waals surface area contributed by atoms with Gasteiger partial charge in [-0.15, -0.1) is 0 Å². The molecule has 2 saturated heterocycles. The van der Waals surface area contributed by atoms with Crippen molar-refractivity contribution >= 4 is 16.7 Å². The molecule has 2 aliphatic heterocycles. The predicted octanol–water partition coefficient (Wildman–Crippen LogP) is 3.39. The van der Waals surface area contributed by atoms with E-state index in [0.717, 1.165) is 49.3 Å². The lowest BCUT2D eigenvalue weighted by molar-refractivity contribution is -0.0293. The smallest absolute Gasteiger partial charge is 0.137 e. The Balaban J connectivity index is 1.58. The summed E-state index contributed by atoms with van der Waals surface area (Å²) in [6.45, 7) is 7.20. The zero-order valence-electron chi connectivity index (χ0n) is 15.1. The Morgan fingerprint density at radius 1 is 1.12 bits per heavy atom. The van der Waals surface area contributed by atoms with Gasteiger partial charge in [-0.05, 0) is 57.8 Å². The van der Waals surface area contributed by atoms with Gasteiger partial charge in [-0.2, -0.15) is 0 Å². The van der Waals surface area contributed by atoms with Crippen LogP contribution in [0.15, 0.2) is 24.5 Å². The van der Waals surface area contributed by atoms with Crippen LogP contribution < -0.4 is 5.32 Å². The summed E-state index contributed by atoms with van der Waals surface area (Å²) in [5.41, 5.74) is 2.43. The maximum Gasteiger partial charge on any atom is 0.137 e. The fraction of sp³-hybridized carbons (Fsp3) is 0.600. The van der Waals surface area contributed by atoms with Gasteiger partial charge in [-0.3, -0.25) is 4.90 Å². The fourth-order valence-corrected chi connectivity index (χ4v) is 4.28. The van der Waals surface area contributed by atoms with E-state index >= 15 is 0 Å². The van der Waals surface area contributed by atoms with Crippen LogP contribution in [-0.2, 0) is 4.74 Å². The van der Waals surface area contributed by atoms with E-state index in [0.29, 0.717) is 0 Å². The molecule has 0 saturated carbocycles. The average Bonchev–Trinajstić information content (AvgIpc) is 2.68. The van der Waals surface area contributed by atoms with E-state index in [1.807, 2.05) is 0 Å². The quantitative estimate of drug-likeness (QED) is 0.924. The van der Waals surface area contributed by atoms with E-state index in [9.17, 15) is 0 Å². The SMILES string of the molecule is Cc1ccc2ncnc(NCC3(N4CCCCC4)CCOCC3)c2c1. The van der Waals surface area contributed by atoms with Crippen molar-refractivity contribution in [1.82, 2.24) is 14.9 Å². The number of aryl methyl sites for hydroxylation is 1. The van der Waals surface area contributed by atoms with Gasteiger partial charge in [0, 0.05) is 30.7 Å². The number of nitrogens with one attached hydrogen (secondary N) is 1. The van der Waals surface area contributed by atoms with Crippen molar-refractivity contribution in [3.05, 3.63) is 30.1 Å². The van der Waals surface area contributed by atoms with Gasteiger partial charge in [-0.1, -0.05) is 18.1 Å². The van der Waals surface area contributed by atoms with Gasteiger partial charge in [0.05, 0.1) is 5.52 Å². The molecular weight excluding hydrogens is 312 g/mol. The van der Waals surface area contributed by atoms with Gasteiger partial charge in [0.1, 0.15) is 12.1 Å². The molecule has 0 atom stereocenters. The molecule has 0 bridgehead atoms. The molecule has 1 N–H and O–H groups in total. The van der Waals surface area contributed by atoms with Crippen LogP contribution in [0.5, 0.6) is 0 Å². The number of ether oxygens (including phenoxy) is 1. The van der Waals surface area contributed by atoms with E-state index in [2.05, 4.69) is 45.3 Å². The number of anilines is 1. The van der Waals surface area contributed by atoms with Crippen LogP contribution in [0.4, 0.5) is 5.82 Å². The molecule has 1 aromatic carbocycles. The Labute approximate surface area is 149 Å². The minimum Gasteiger partial charge on any atom is -0.381 e. The van der Waals surface area contributed by atoms with E-state index in [1.54, 1.807) is 6.33 Å². The molecule has 1 aromatic heterocycles. The highest BCUT2D eigenvalue weighted by Gasteiger charge is 2.38. The number of hydrogen-bond donors (Lipinski definition) is 1.